The van der Waals surface area contributed by atoms with Crippen LogP contribution in [-0.2, 0) is 4.74 Å². The summed E-state index contributed by atoms with van der Waals surface area (Å²) < 4.78 is 5.49. The monoisotopic (exact) mass is 391 g/mol. The van der Waals surface area contributed by atoms with E-state index in [4.69, 9.17) is 4.74 Å². The maximum Gasteiger partial charge on any atom is 0.410 e. The van der Waals surface area contributed by atoms with Crippen LogP contribution in [0.1, 0.15) is 71.4 Å². The van der Waals surface area contributed by atoms with Crippen molar-refractivity contribution < 1.29 is 14.6 Å². The van der Waals surface area contributed by atoms with Gasteiger partial charge in [-0.05, 0) is 83.9 Å². The van der Waals surface area contributed by atoms with Crippen LogP contribution in [0, 0.1) is 5.92 Å². The van der Waals surface area contributed by atoms with Gasteiger partial charge >= 0.3 is 6.09 Å². The lowest BCUT2D eigenvalue weighted by atomic mass is 9.88. The van der Waals surface area contributed by atoms with Gasteiger partial charge in [-0.3, -0.25) is 4.98 Å². The number of ether oxygens (including phenoxy) is 1. The standard InChI is InChI=1S/C22H37N3O3/c1-17(26)7-5-12-24-20(19-8-6-11-23-16-19)15-18-9-13-25(14-10-18)21(27)28-22(2,3)4/h6,8,11,16-18,20,24,26H,5,7,9-10,12-15H2,1-4H3. The van der Waals surface area contributed by atoms with Crippen molar-refractivity contribution in [2.75, 3.05) is 19.6 Å². The van der Waals surface area contributed by atoms with E-state index in [1.54, 1.807) is 6.20 Å². The summed E-state index contributed by atoms with van der Waals surface area (Å²) >= 11 is 0. The van der Waals surface area contributed by atoms with Gasteiger partial charge in [-0.2, -0.15) is 0 Å². The molecule has 6 nitrogen and oxygen atoms in total. The molecule has 2 atom stereocenters. The first-order valence-corrected chi connectivity index (χ1v) is 10.5. The summed E-state index contributed by atoms with van der Waals surface area (Å²) in [5, 5.41) is 13.1. The van der Waals surface area contributed by atoms with Crippen LogP contribution < -0.4 is 5.32 Å². The van der Waals surface area contributed by atoms with Crippen LogP contribution >= 0.6 is 0 Å². The third-order valence-electron chi connectivity index (χ3n) is 5.11. The summed E-state index contributed by atoms with van der Waals surface area (Å²) in [4.78, 5) is 18.4. The number of nitrogens with one attached hydrogen (secondary N) is 1. The number of nitrogens with zero attached hydrogens (tertiary/aromatic N) is 2. The normalized spacial score (nSPS) is 18.0. The van der Waals surface area contributed by atoms with E-state index in [1.807, 2.05) is 44.9 Å². The summed E-state index contributed by atoms with van der Waals surface area (Å²) in [5.41, 5.74) is 0.754. The lowest BCUT2D eigenvalue weighted by Crippen LogP contribution is -2.42. The zero-order valence-electron chi connectivity index (χ0n) is 17.9. The molecular weight excluding hydrogens is 354 g/mol. The number of hydrogen-bond donors (Lipinski definition) is 2. The minimum absolute atomic E-state index is 0.203. The third kappa shape index (κ3) is 8.15. The highest BCUT2D eigenvalue weighted by molar-refractivity contribution is 5.68. The van der Waals surface area contributed by atoms with Crippen LogP contribution in [-0.4, -0.2) is 52.4 Å². The number of carbonyl (C=O) groups is 1. The highest BCUT2D eigenvalue weighted by Gasteiger charge is 2.28. The summed E-state index contributed by atoms with van der Waals surface area (Å²) in [6.45, 7) is 9.92. The SMILES string of the molecule is CC(O)CCCNC(CC1CCN(C(=O)OC(C)(C)C)CC1)c1cccnc1. The lowest BCUT2D eigenvalue weighted by Gasteiger charge is -2.35. The summed E-state index contributed by atoms with van der Waals surface area (Å²) in [6.07, 6.45) is 8.04. The Kier molecular flexibility index (Phi) is 8.70. The summed E-state index contributed by atoms with van der Waals surface area (Å²) in [5.74, 6) is 0.563. The molecule has 6 heteroatoms. The molecule has 2 N–H and O–H groups in total. The van der Waals surface area contributed by atoms with Crippen LogP contribution in [0.5, 0.6) is 0 Å². The molecule has 0 spiro atoms. The van der Waals surface area contributed by atoms with Crippen LogP contribution in [0.25, 0.3) is 0 Å². The van der Waals surface area contributed by atoms with E-state index < -0.39 is 5.60 Å². The average molecular weight is 392 g/mol. The van der Waals surface area contributed by atoms with Gasteiger partial charge in [-0.15, -0.1) is 0 Å². The number of hydrogen-bond acceptors (Lipinski definition) is 5. The quantitative estimate of drug-likeness (QED) is 0.657. The van der Waals surface area contributed by atoms with Crippen LogP contribution in [0.3, 0.4) is 0 Å². The molecule has 2 unspecified atom stereocenters. The second kappa shape index (κ2) is 10.8. The molecule has 1 fully saturated rings. The summed E-state index contributed by atoms with van der Waals surface area (Å²) in [6, 6.07) is 4.35. The fraction of sp³-hybridized carbons (Fsp3) is 0.727. The lowest BCUT2D eigenvalue weighted by molar-refractivity contribution is 0.0177. The molecule has 1 aromatic heterocycles. The predicted octanol–water partition coefficient (Wildman–Crippen LogP) is 3.91. The number of aliphatic hydroxyl groups is 1. The van der Waals surface area contributed by atoms with E-state index >= 15 is 0 Å². The van der Waals surface area contributed by atoms with E-state index in [1.165, 1.54) is 5.56 Å². The van der Waals surface area contributed by atoms with Crippen molar-refractivity contribution in [3.05, 3.63) is 30.1 Å². The molecule has 2 rings (SSSR count). The van der Waals surface area contributed by atoms with Gasteiger partial charge in [0, 0.05) is 31.5 Å². The van der Waals surface area contributed by atoms with E-state index in [9.17, 15) is 9.90 Å². The van der Waals surface area contributed by atoms with Crippen LogP contribution in [0.15, 0.2) is 24.5 Å². The highest BCUT2D eigenvalue weighted by Crippen LogP contribution is 2.29. The zero-order valence-corrected chi connectivity index (χ0v) is 17.9. The van der Waals surface area contributed by atoms with E-state index in [0.717, 1.165) is 51.7 Å². The molecule has 2 heterocycles. The van der Waals surface area contributed by atoms with Crippen molar-refractivity contribution in [3.63, 3.8) is 0 Å². The van der Waals surface area contributed by atoms with E-state index in [0.29, 0.717) is 5.92 Å². The van der Waals surface area contributed by atoms with Gasteiger partial charge in [0.2, 0.25) is 0 Å². The van der Waals surface area contributed by atoms with Gasteiger partial charge in [0.05, 0.1) is 6.10 Å². The molecule has 0 aliphatic carbocycles. The Morgan fingerprint density at radius 2 is 2.11 bits per heavy atom. The zero-order chi connectivity index (χ0) is 20.6. The number of carbonyl (C=O) groups excluding carboxylic acids is 1. The number of aromatic nitrogens is 1. The van der Waals surface area contributed by atoms with Gasteiger partial charge in [-0.1, -0.05) is 6.07 Å². The molecule has 1 aromatic rings. The minimum Gasteiger partial charge on any atom is -0.444 e. The van der Waals surface area contributed by atoms with Crippen LogP contribution in [0.2, 0.25) is 0 Å². The molecule has 1 aliphatic heterocycles. The van der Waals surface area contributed by atoms with Gasteiger partial charge in [0.25, 0.3) is 0 Å². The maximum absolute atomic E-state index is 12.3. The molecule has 1 aliphatic rings. The molecule has 0 saturated carbocycles. The number of likely N-dealkylation sites (tertiary alicyclic amines) is 1. The maximum atomic E-state index is 12.3. The second-order valence-corrected chi connectivity index (χ2v) is 8.93. The number of rotatable bonds is 8. The molecular formula is C22H37N3O3. The van der Waals surface area contributed by atoms with Gasteiger partial charge in [0.15, 0.2) is 0 Å². The molecule has 0 radical (unpaired) electrons. The van der Waals surface area contributed by atoms with Crippen molar-refractivity contribution in [2.45, 2.75) is 77.5 Å². The Balaban J connectivity index is 1.86. The third-order valence-corrected chi connectivity index (χ3v) is 5.11. The smallest absolute Gasteiger partial charge is 0.410 e. The highest BCUT2D eigenvalue weighted by atomic mass is 16.6. The largest absolute Gasteiger partial charge is 0.444 e. The number of aliphatic hydroxyl groups excluding tert-OH is 1. The topological polar surface area (TPSA) is 74.7 Å². The van der Waals surface area contributed by atoms with Gasteiger partial charge in [0.1, 0.15) is 5.60 Å². The Morgan fingerprint density at radius 3 is 2.68 bits per heavy atom. The average Bonchev–Trinajstić information content (AvgIpc) is 2.64. The van der Waals surface area contributed by atoms with E-state index in [2.05, 4.69) is 16.4 Å². The van der Waals surface area contributed by atoms with Crippen molar-refractivity contribution in [1.82, 2.24) is 15.2 Å². The Bertz CT molecular complexity index is 578. The predicted molar refractivity (Wildman–Crippen MR) is 111 cm³/mol. The Hall–Kier alpha value is -1.66. The fourth-order valence-corrected chi connectivity index (χ4v) is 3.60. The second-order valence-electron chi connectivity index (χ2n) is 8.93. The van der Waals surface area contributed by atoms with Crippen molar-refractivity contribution in [3.8, 4) is 0 Å². The first-order chi connectivity index (χ1) is 13.2. The van der Waals surface area contributed by atoms with Crippen molar-refractivity contribution >= 4 is 6.09 Å². The molecule has 0 bridgehead atoms. The van der Waals surface area contributed by atoms with Crippen LogP contribution in [0.4, 0.5) is 4.79 Å². The van der Waals surface area contributed by atoms with E-state index in [-0.39, 0.29) is 18.2 Å². The molecule has 0 aromatic carbocycles. The first kappa shape index (κ1) is 22.6. The molecule has 1 saturated heterocycles. The number of amides is 1. The van der Waals surface area contributed by atoms with Gasteiger partial charge in [-0.25, -0.2) is 4.79 Å². The summed E-state index contributed by atoms with van der Waals surface area (Å²) in [7, 11) is 0. The molecule has 1 amide bonds. The van der Waals surface area contributed by atoms with Crippen molar-refractivity contribution in [2.24, 2.45) is 5.92 Å². The molecule has 158 valence electrons. The minimum atomic E-state index is -0.449. The fourth-order valence-electron chi connectivity index (χ4n) is 3.60. The van der Waals surface area contributed by atoms with Crippen molar-refractivity contribution in [1.29, 1.82) is 0 Å². The Labute approximate surface area is 169 Å². The Morgan fingerprint density at radius 1 is 1.39 bits per heavy atom. The van der Waals surface area contributed by atoms with Gasteiger partial charge < -0.3 is 20.1 Å². The number of pyridine rings is 1. The first-order valence-electron chi connectivity index (χ1n) is 10.5. The molecule has 28 heavy (non-hydrogen) atoms. The number of piperidine rings is 1.